The van der Waals surface area contributed by atoms with Gasteiger partial charge in [0.25, 0.3) is 0 Å². The second-order valence-corrected chi connectivity index (χ2v) is 22.6. The summed E-state index contributed by atoms with van der Waals surface area (Å²) >= 11 is 0.821. The Morgan fingerprint density at radius 2 is 0.791 bits per heavy atom. The molecule has 0 bridgehead atoms. The Bertz CT molecular complexity index is 2990. The second-order valence-electron chi connectivity index (χ2n) is 17.6. The quantitative estimate of drug-likeness (QED) is 0.234. The fourth-order valence-corrected chi connectivity index (χ4v) is 16.1. The molecule has 1 saturated carbocycles. The Kier molecular flexibility index (Phi) is 9.75. The molecule has 1 aromatic carbocycles. The maximum absolute atomic E-state index is 16.9. The maximum Gasteiger partial charge on any atom is 0.380 e. The van der Waals surface area contributed by atoms with Gasteiger partial charge in [-0.1, -0.05) is 66.9 Å². The number of halogens is 18. The number of allylic oxidation sites excluding steroid dienone is 12. The number of thiophene rings is 2. The van der Waals surface area contributed by atoms with Crippen molar-refractivity contribution in [1.82, 2.24) is 0 Å². The normalized spacial score (nSPS) is 29.9. The third-order valence-electron chi connectivity index (χ3n) is 13.9. The van der Waals surface area contributed by atoms with Gasteiger partial charge in [-0.05, 0) is 80.5 Å². The number of benzene rings is 1. The largest absolute Gasteiger partial charge is 0.380 e. The van der Waals surface area contributed by atoms with Gasteiger partial charge in [-0.3, -0.25) is 0 Å². The third-order valence-corrected chi connectivity index (χ3v) is 19.0. The standard InChI is InChI=1S/C45H30F18S4/c1-15-14-35(7)33(64-15)29-30(42(56,57)45(62,63)41(29,54)55)34-36(35,8)24(20(6)67-34)27-25(37(46,47)43(58,59)39(27,50)51)23-17(3)32(66-19(23)5)28-26(38(48,49)44(60,61)40(28,52)53)22-16(2)31(65-18(22)4)21-12-10-9-11-13-21/h9-14H,1-8H3/t35-,36-/m1/s1. The summed E-state index contributed by atoms with van der Waals surface area (Å²) in [6.45, 7) is 7.50. The van der Waals surface area contributed by atoms with Crippen LogP contribution in [0.25, 0.3) is 27.2 Å². The van der Waals surface area contributed by atoms with E-state index >= 15 is 79.0 Å². The van der Waals surface area contributed by atoms with Crippen molar-refractivity contribution in [3.63, 3.8) is 0 Å². The maximum atomic E-state index is 16.9. The summed E-state index contributed by atoms with van der Waals surface area (Å²) in [6.07, 6.45) is 1.04. The number of alkyl halides is 18. The molecule has 3 aromatic rings. The molecule has 0 N–H and O–H groups in total. The average molecular weight is 1040 g/mol. The van der Waals surface area contributed by atoms with Crippen LogP contribution in [0.3, 0.4) is 0 Å². The molecule has 1 fully saturated rings. The van der Waals surface area contributed by atoms with Gasteiger partial charge in [-0.15, -0.1) is 22.7 Å². The van der Waals surface area contributed by atoms with E-state index in [1.54, 1.807) is 18.2 Å². The van der Waals surface area contributed by atoms with Crippen molar-refractivity contribution in [2.75, 3.05) is 0 Å². The molecule has 0 nitrogen and oxygen atoms in total. The monoisotopic (exact) mass is 1040 g/mol. The molecule has 0 spiro atoms. The Morgan fingerprint density at radius 1 is 0.403 bits per heavy atom. The fourth-order valence-electron chi connectivity index (χ4n) is 10.7. The summed E-state index contributed by atoms with van der Waals surface area (Å²) in [5, 5.41) is 0. The smallest absolute Gasteiger partial charge is 0.194 e. The SMILES string of the molecule is CC1=C[C@]2(C)C(=C3C(=C4SC(C)=C(C5=C(c6c(C)sc(C7=C(c8c(C)sc(-c9ccccc9)c8C)C(F)(F)C(F)(F)C7(F)F)c6C)C(F)(F)C(F)(F)C5(F)F)[C@]42C)C(F)(F)C(F)(F)C3(F)F)S1. The van der Waals surface area contributed by atoms with Gasteiger partial charge < -0.3 is 0 Å². The highest BCUT2D eigenvalue weighted by atomic mass is 32.2. The molecule has 4 aliphatic carbocycles. The van der Waals surface area contributed by atoms with E-state index in [4.69, 9.17) is 0 Å². The highest BCUT2D eigenvalue weighted by molar-refractivity contribution is 8.07. The van der Waals surface area contributed by atoms with Crippen molar-refractivity contribution in [2.24, 2.45) is 10.8 Å². The van der Waals surface area contributed by atoms with E-state index in [2.05, 4.69) is 0 Å². The van der Waals surface area contributed by atoms with Gasteiger partial charge >= 0.3 is 53.3 Å². The van der Waals surface area contributed by atoms with E-state index in [9.17, 15) is 0 Å². The lowest BCUT2D eigenvalue weighted by Crippen LogP contribution is -2.50. The van der Waals surface area contributed by atoms with Gasteiger partial charge in [0, 0.05) is 79.1 Å². The molecule has 2 atom stereocenters. The lowest BCUT2D eigenvalue weighted by molar-refractivity contribution is -0.259. The number of hydrogen-bond donors (Lipinski definition) is 0. The molecular formula is C45H30F18S4. The van der Waals surface area contributed by atoms with Gasteiger partial charge in [0.05, 0.1) is 5.57 Å². The minimum Gasteiger partial charge on any atom is -0.194 e. The van der Waals surface area contributed by atoms with Gasteiger partial charge in [0.15, 0.2) is 0 Å². The molecule has 2 aromatic heterocycles. The van der Waals surface area contributed by atoms with Crippen LogP contribution < -0.4 is 0 Å². The predicted octanol–water partition coefficient (Wildman–Crippen LogP) is 17.3. The predicted molar refractivity (Wildman–Crippen MR) is 223 cm³/mol. The van der Waals surface area contributed by atoms with Crippen LogP contribution in [-0.4, -0.2) is 53.3 Å². The van der Waals surface area contributed by atoms with Crippen molar-refractivity contribution < 1.29 is 79.0 Å². The molecule has 0 saturated heterocycles. The minimum atomic E-state index is -6.48. The lowest BCUT2D eigenvalue weighted by atomic mass is 9.55. The van der Waals surface area contributed by atoms with Crippen LogP contribution in [0.1, 0.15) is 64.6 Å². The van der Waals surface area contributed by atoms with E-state index < -0.39 is 144 Å². The zero-order chi connectivity index (χ0) is 50.1. The number of fused-ring (bicyclic) bond motifs is 4. The van der Waals surface area contributed by atoms with E-state index in [-0.39, 0.29) is 55.1 Å². The van der Waals surface area contributed by atoms with Gasteiger partial charge in [-0.2, -0.15) is 79.0 Å². The minimum absolute atomic E-state index is 0.0468. The molecule has 2 aliphatic heterocycles. The number of rotatable bonds is 5. The summed E-state index contributed by atoms with van der Waals surface area (Å²) in [5.74, 6) is -54.0. The molecule has 67 heavy (non-hydrogen) atoms. The topological polar surface area (TPSA) is 0 Å². The van der Waals surface area contributed by atoms with E-state index in [0.717, 1.165) is 45.1 Å². The van der Waals surface area contributed by atoms with E-state index in [1.807, 2.05) is 0 Å². The van der Waals surface area contributed by atoms with E-state index in [0.29, 0.717) is 12.5 Å². The van der Waals surface area contributed by atoms with Crippen LogP contribution in [-0.2, 0) is 0 Å². The number of thioether (sulfide) groups is 2. The van der Waals surface area contributed by atoms with Crippen LogP contribution in [0.2, 0.25) is 0 Å². The Balaban J connectivity index is 1.38. The molecule has 22 heteroatoms. The van der Waals surface area contributed by atoms with Gasteiger partial charge in [0.2, 0.25) is 0 Å². The molecule has 4 heterocycles. The molecular weight excluding hydrogens is 1010 g/mol. The summed E-state index contributed by atoms with van der Waals surface area (Å²) in [7, 11) is 0. The summed E-state index contributed by atoms with van der Waals surface area (Å²) < 4.78 is 291. The van der Waals surface area contributed by atoms with Crippen LogP contribution >= 0.6 is 46.2 Å². The highest BCUT2D eigenvalue weighted by Crippen LogP contribution is 2.81. The third kappa shape index (κ3) is 5.16. The van der Waals surface area contributed by atoms with Gasteiger partial charge in [-0.25, -0.2) is 0 Å². The summed E-state index contributed by atoms with van der Waals surface area (Å²) in [4.78, 5) is -5.04. The first-order valence-corrected chi connectivity index (χ1v) is 23.0. The Labute approximate surface area is 385 Å². The first-order valence-electron chi connectivity index (χ1n) is 19.8. The Hall–Kier alpha value is -3.50. The molecule has 6 aliphatic rings. The molecule has 0 amide bonds. The van der Waals surface area contributed by atoms with Crippen molar-refractivity contribution >= 4 is 62.9 Å². The second kappa shape index (κ2) is 13.5. The zero-order valence-corrected chi connectivity index (χ0v) is 38.7. The zero-order valence-electron chi connectivity index (χ0n) is 35.4. The van der Waals surface area contributed by atoms with Crippen LogP contribution in [0.15, 0.2) is 78.3 Å². The van der Waals surface area contributed by atoms with Gasteiger partial charge in [0.1, 0.15) is 0 Å². The van der Waals surface area contributed by atoms with Crippen LogP contribution in [0, 0.1) is 38.5 Å². The van der Waals surface area contributed by atoms with Crippen LogP contribution in [0.4, 0.5) is 79.0 Å². The lowest BCUT2D eigenvalue weighted by Gasteiger charge is -2.49. The number of hydrogen-bond acceptors (Lipinski definition) is 4. The fraction of sp³-hybridized carbons (Fsp3) is 0.422. The molecule has 360 valence electrons. The van der Waals surface area contributed by atoms with E-state index in [1.165, 1.54) is 32.9 Å². The first-order chi connectivity index (χ1) is 30.3. The Morgan fingerprint density at radius 3 is 1.28 bits per heavy atom. The van der Waals surface area contributed by atoms with Crippen molar-refractivity contribution in [2.45, 2.75) is 109 Å². The molecule has 0 unspecified atom stereocenters. The number of aryl methyl sites for hydroxylation is 2. The highest BCUT2D eigenvalue weighted by Gasteiger charge is 2.87. The van der Waals surface area contributed by atoms with Crippen LogP contribution in [0.5, 0.6) is 0 Å². The average Bonchev–Trinajstić information content (AvgIpc) is 3.93. The summed E-state index contributed by atoms with van der Waals surface area (Å²) in [5.41, 5.74) is -22.3. The van der Waals surface area contributed by atoms with Crippen molar-refractivity contribution in [1.29, 1.82) is 0 Å². The van der Waals surface area contributed by atoms with Crippen molar-refractivity contribution in [3.8, 4) is 10.4 Å². The molecule has 0 radical (unpaired) electrons. The summed E-state index contributed by atoms with van der Waals surface area (Å²) in [6, 6.07) is 7.71. The molecule has 9 rings (SSSR count). The first kappa shape index (κ1) is 48.5. The van der Waals surface area contributed by atoms with Crippen molar-refractivity contribution in [3.05, 3.63) is 115 Å².